The van der Waals surface area contributed by atoms with E-state index in [1.807, 2.05) is 30.3 Å². The van der Waals surface area contributed by atoms with E-state index in [4.69, 9.17) is 4.74 Å². The first kappa shape index (κ1) is 22.2. The van der Waals surface area contributed by atoms with E-state index in [1.165, 1.54) is 4.90 Å². The van der Waals surface area contributed by atoms with E-state index < -0.39 is 30.1 Å². The van der Waals surface area contributed by atoms with Crippen LogP contribution in [0.3, 0.4) is 0 Å². The normalized spacial score (nSPS) is 22.6. The fraction of sp³-hybridized carbons (Fsp3) is 0.591. The molecule has 0 radical (unpaired) electrons. The van der Waals surface area contributed by atoms with Gasteiger partial charge in [0.1, 0.15) is 12.1 Å². The molecule has 2 saturated heterocycles. The van der Waals surface area contributed by atoms with Crippen LogP contribution in [0.2, 0.25) is 0 Å². The van der Waals surface area contributed by atoms with E-state index in [1.54, 1.807) is 6.92 Å². The smallest absolute Gasteiger partial charge is 0.326 e. The number of carboxylic acid groups (broad SMARTS) is 2. The number of likely N-dealkylation sites (tertiary alicyclic amines) is 1. The summed E-state index contributed by atoms with van der Waals surface area (Å²) >= 11 is 0. The molecule has 3 atom stereocenters. The Bertz CT molecular complexity index is 762. The third-order valence-electron chi connectivity index (χ3n) is 6.31. The van der Waals surface area contributed by atoms with E-state index in [2.05, 4.69) is 5.32 Å². The highest BCUT2D eigenvalue weighted by Gasteiger charge is 2.50. The van der Waals surface area contributed by atoms with E-state index in [0.717, 1.165) is 18.4 Å². The molecule has 1 aromatic carbocycles. The van der Waals surface area contributed by atoms with Crippen LogP contribution >= 0.6 is 0 Å². The van der Waals surface area contributed by atoms with Gasteiger partial charge >= 0.3 is 11.9 Å². The summed E-state index contributed by atoms with van der Waals surface area (Å²) in [7, 11) is 0. The van der Waals surface area contributed by atoms with Crippen molar-refractivity contribution in [3.8, 4) is 0 Å². The molecular formula is C22H30N2O6. The van der Waals surface area contributed by atoms with Crippen molar-refractivity contribution in [3.05, 3.63) is 35.9 Å². The van der Waals surface area contributed by atoms with Crippen molar-refractivity contribution < 1.29 is 29.3 Å². The van der Waals surface area contributed by atoms with E-state index >= 15 is 0 Å². The number of carboxylic acids is 2. The molecule has 8 nitrogen and oxygen atoms in total. The average Bonchev–Trinajstić information content (AvgIpc) is 3.10. The number of carbonyl (C=O) groups is 3. The molecule has 1 amide bonds. The SMILES string of the molecule is C[C@H](NC(CCc1ccccc1)C(=O)O)C(=O)N1CC2(CCOCC2)C[C@H]1C(=O)O. The van der Waals surface area contributed by atoms with Crippen molar-refractivity contribution in [3.63, 3.8) is 0 Å². The second-order valence-corrected chi connectivity index (χ2v) is 8.44. The highest BCUT2D eigenvalue weighted by atomic mass is 16.5. The molecule has 8 heteroatoms. The topological polar surface area (TPSA) is 116 Å². The molecule has 2 aliphatic heterocycles. The molecule has 2 heterocycles. The van der Waals surface area contributed by atoms with Gasteiger partial charge in [-0.25, -0.2) is 4.79 Å². The highest BCUT2D eigenvalue weighted by molar-refractivity contribution is 5.88. The number of carbonyl (C=O) groups excluding carboxylic acids is 1. The monoisotopic (exact) mass is 418 g/mol. The number of aliphatic carboxylic acids is 2. The van der Waals surface area contributed by atoms with Gasteiger partial charge in [-0.15, -0.1) is 0 Å². The molecule has 3 N–H and O–H groups in total. The first-order valence-electron chi connectivity index (χ1n) is 10.5. The minimum atomic E-state index is -1.03. The molecule has 1 spiro atoms. The Balaban J connectivity index is 1.64. The number of benzene rings is 1. The number of hydrogen-bond acceptors (Lipinski definition) is 5. The van der Waals surface area contributed by atoms with Gasteiger partial charge in [-0.2, -0.15) is 0 Å². The Kier molecular flexibility index (Phi) is 7.10. The molecular weight excluding hydrogens is 388 g/mol. The number of rotatable bonds is 8. The lowest BCUT2D eigenvalue weighted by Crippen LogP contribution is -2.53. The number of nitrogens with one attached hydrogen (secondary N) is 1. The number of amides is 1. The first-order valence-corrected chi connectivity index (χ1v) is 10.5. The third kappa shape index (κ3) is 5.17. The van der Waals surface area contributed by atoms with Crippen molar-refractivity contribution in [2.45, 2.75) is 57.2 Å². The largest absolute Gasteiger partial charge is 0.480 e. The maximum absolute atomic E-state index is 13.1. The predicted octanol–water partition coefficient (Wildman–Crippen LogP) is 1.53. The summed E-state index contributed by atoms with van der Waals surface area (Å²) in [5, 5.41) is 22.2. The standard InChI is InChI=1S/C22H30N2O6/c1-15(23-17(20(26)27)8-7-16-5-3-2-4-6-16)19(25)24-14-22(9-11-30-12-10-22)13-18(24)21(28)29/h2-6,15,17-18,23H,7-14H2,1H3,(H,26,27)(H,28,29)/t15-,17?,18-/m0/s1. The predicted molar refractivity (Wildman–Crippen MR) is 109 cm³/mol. The summed E-state index contributed by atoms with van der Waals surface area (Å²) in [4.78, 5) is 38.0. The molecule has 0 bridgehead atoms. The number of aryl methyl sites for hydroxylation is 1. The lowest BCUT2D eigenvalue weighted by molar-refractivity contribution is -0.149. The molecule has 0 aromatic heterocycles. The van der Waals surface area contributed by atoms with Crippen molar-refractivity contribution in [2.24, 2.45) is 5.41 Å². The lowest BCUT2D eigenvalue weighted by Gasteiger charge is -2.33. The van der Waals surface area contributed by atoms with Gasteiger partial charge in [0.2, 0.25) is 5.91 Å². The van der Waals surface area contributed by atoms with Gasteiger partial charge in [0, 0.05) is 19.8 Å². The second-order valence-electron chi connectivity index (χ2n) is 8.44. The Morgan fingerprint density at radius 3 is 2.47 bits per heavy atom. The Hall–Kier alpha value is -2.45. The van der Waals surface area contributed by atoms with Crippen LogP contribution < -0.4 is 5.32 Å². The van der Waals surface area contributed by atoms with Gasteiger partial charge in [-0.3, -0.25) is 14.9 Å². The summed E-state index contributed by atoms with van der Waals surface area (Å²) in [5.74, 6) is -2.41. The fourth-order valence-electron chi connectivity index (χ4n) is 4.53. The van der Waals surface area contributed by atoms with Gasteiger partial charge in [-0.05, 0) is 50.0 Å². The molecule has 0 aliphatic carbocycles. The van der Waals surface area contributed by atoms with Crippen LogP contribution in [0.1, 0.15) is 38.2 Å². The van der Waals surface area contributed by atoms with Gasteiger partial charge < -0.3 is 19.8 Å². The van der Waals surface area contributed by atoms with Crippen LogP contribution in [0.15, 0.2) is 30.3 Å². The second kappa shape index (κ2) is 9.57. The summed E-state index contributed by atoms with van der Waals surface area (Å²) in [5.41, 5.74) is 0.799. The molecule has 2 fully saturated rings. The van der Waals surface area contributed by atoms with Crippen LogP contribution in [0.25, 0.3) is 0 Å². The van der Waals surface area contributed by atoms with Crippen molar-refractivity contribution >= 4 is 17.8 Å². The third-order valence-corrected chi connectivity index (χ3v) is 6.31. The maximum Gasteiger partial charge on any atom is 0.326 e. The van der Waals surface area contributed by atoms with Crippen LogP contribution in [0, 0.1) is 5.41 Å². The van der Waals surface area contributed by atoms with Crippen molar-refractivity contribution in [1.29, 1.82) is 0 Å². The van der Waals surface area contributed by atoms with Gasteiger partial charge in [0.25, 0.3) is 0 Å². The van der Waals surface area contributed by atoms with Crippen molar-refractivity contribution in [2.75, 3.05) is 19.8 Å². The molecule has 0 saturated carbocycles. The molecule has 1 unspecified atom stereocenters. The summed E-state index contributed by atoms with van der Waals surface area (Å²) in [6.45, 7) is 3.13. The number of ether oxygens (including phenoxy) is 1. The Morgan fingerprint density at radius 1 is 1.20 bits per heavy atom. The van der Waals surface area contributed by atoms with Crippen LogP contribution in [-0.2, 0) is 25.5 Å². The summed E-state index contributed by atoms with van der Waals surface area (Å²) in [6.07, 6.45) is 2.78. The summed E-state index contributed by atoms with van der Waals surface area (Å²) in [6, 6.07) is 6.99. The van der Waals surface area contributed by atoms with Crippen LogP contribution in [0.4, 0.5) is 0 Å². The number of hydrogen-bond donors (Lipinski definition) is 3. The maximum atomic E-state index is 13.1. The average molecular weight is 418 g/mol. The minimum Gasteiger partial charge on any atom is -0.480 e. The minimum absolute atomic E-state index is 0.226. The van der Waals surface area contributed by atoms with E-state index in [9.17, 15) is 24.6 Å². The van der Waals surface area contributed by atoms with Gasteiger partial charge in [0.15, 0.2) is 0 Å². The first-order chi connectivity index (χ1) is 14.3. The molecule has 164 valence electrons. The molecule has 3 rings (SSSR count). The zero-order chi connectivity index (χ0) is 21.7. The molecule has 2 aliphatic rings. The zero-order valence-electron chi connectivity index (χ0n) is 17.3. The van der Waals surface area contributed by atoms with E-state index in [0.29, 0.717) is 39.0 Å². The fourth-order valence-corrected chi connectivity index (χ4v) is 4.53. The Morgan fingerprint density at radius 2 is 1.87 bits per heavy atom. The van der Waals surface area contributed by atoms with Crippen molar-refractivity contribution in [1.82, 2.24) is 10.2 Å². The number of nitrogens with zero attached hydrogens (tertiary/aromatic N) is 1. The zero-order valence-corrected chi connectivity index (χ0v) is 17.3. The van der Waals surface area contributed by atoms with Gasteiger partial charge in [-0.1, -0.05) is 30.3 Å². The lowest BCUT2D eigenvalue weighted by atomic mass is 9.78. The Labute approximate surface area is 176 Å². The van der Waals surface area contributed by atoms with Crippen LogP contribution in [0.5, 0.6) is 0 Å². The molecule has 1 aromatic rings. The summed E-state index contributed by atoms with van der Waals surface area (Å²) < 4.78 is 5.41. The quantitative estimate of drug-likeness (QED) is 0.586. The molecule has 30 heavy (non-hydrogen) atoms. The van der Waals surface area contributed by atoms with E-state index in [-0.39, 0.29) is 11.3 Å². The highest BCUT2D eigenvalue weighted by Crippen LogP contribution is 2.43. The van der Waals surface area contributed by atoms with Crippen LogP contribution in [-0.4, -0.2) is 70.8 Å². The van der Waals surface area contributed by atoms with Gasteiger partial charge in [0.05, 0.1) is 6.04 Å².